The van der Waals surface area contributed by atoms with Gasteiger partial charge in [-0.2, -0.15) is 0 Å². The minimum absolute atomic E-state index is 0.00347. The highest BCUT2D eigenvalue weighted by molar-refractivity contribution is 14.1. The number of anilines is 1. The van der Waals surface area contributed by atoms with Crippen molar-refractivity contribution in [3.05, 3.63) is 31.4 Å². The third kappa shape index (κ3) is 2.09. The molecule has 0 aliphatic carbocycles. The molecule has 0 aliphatic rings. The predicted molar refractivity (Wildman–Crippen MR) is 59.6 cm³/mol. The van der Waals surface area contributed by atoms with Crippen molar-refractivity contribution < 1.29 is 4.92 Å². The maximum absolute atomic E-state index is 10.6. The molecule has 5 heteroatoms. The summed E-state index contributed by atoms with van der Waals surface area (Å²) >= 11 is 2.00. The fraction of sp³-hybridized carbons (Fsp3) is 0.250. The van der Waals surface area contributed by atoms with Crippen molar-refractivity contribution >= 4 is 34.0 Å². The van der Waals surface area contributed by atoms with Crippen LogP contribution in [0.25, 0.3) is 0 Å². The van der Waals surface area contributed by atoms with Crippen LogP contribution in [-0.4, -0.2) is 4.92 Å². The molecule has 0 bridgehead atoms. The predicted octanol–water partition coefficient (Wildman–Crippen LogP) is 2.34. The lowest BCUT2D eigenvalue weighted by molar-refractivity contribution is -0.384. The molecule has 0 saturated heterocycles. The van der Waals surface area contributed by atoms with Gasteiger partial charge in [0, 0.05) is 9.64 Å². The summed E-state index contributed by atoms with van der Waals surface area (Å²) in [6, 6.07) is 3.39. The first-order chi connectivity index (χ1) is 6.06. The molecule has 0 amide bonds. The number of nitrogens with zero attached hydrogens (tertiary/aromatic N) is 1. The summed E-state index contributed by atoms with van der Waals surface area (Å²) in [7, 11) is 0. The largest absolute Gasteiger partial charge is 0.392 e. The van der Waals surface area contributed by atoms with E-state index in [9.17, 15) is 10.1 Å². The number of hydrogen-bond acceptors (Lipinski definition) is 3. The van der Waals surface area contributed by atoms with Gasteiger partial charge >= 0.3 is 0 Å². The summed E-state index contributed by atoms with van der Waals surface area (Å²) in [6.07, 6.45) is 0.775. The summed E-state index contributed by atoms with van der Waals surface area (Å²) in [6.45, 7) is 1.95. The highest BCUT2D eigenvalue weighted by Gasteiger charge is 2.14. The van der Waals surface area contributed by atoms with Gasteiger partial charge in [-0.3, -0.25) is 10.1 Å². The van der Waals surface area contributed by atoms with Gasteiger partial charge in [0.1, 0.15) is 5.69 Å². The molecule has 1 aromatic carbocycles. The van der Waals surface area contributed by atoms with E-state index in [4.69, 9.17) is 5.73 Å². The first-order valence-corrected chi connectivity index (χ1v) is 4.86. The topological polar surface area (TPSA) is 69.2 Å². The van der Waals surface area contributed by atoms with Gasteiger partial charge in [-0.05, 0) is 40.6 Å². The molecule has 0 saturated carbocycles. The number of nitro groups is 1. The minimum Gasteiger partial charge on any atom is -0.392 e. The van der Waals surface area contributed by atoms with Crippen LogP contribution in [0.2, 0.25) is 0 Å². The minimum atomic E-state index is -0.448. The van der Waals surface area contributed by atoms with Crippen molar-refractivity contribution in [3.8, 4) is 0 Å². The summed E-state index contributed by atoms with van der Waals surface area (Å²) in [5, 5.41) is 10.6. The first kappa shape index (κ1) is 10.2. The Labute approximate surface area is 89.4 Å². The molecule has 0 spiro atoms. The average molecular weight is 292 g/mol. The quantitative estimate of drug-likeness (QED) is 0.394. The molecule has 0 aromatic heterocycles. The third-order valence-electron chi connectivity index (χ3n) is 1.77. The van der Waals surface area contributed by atoms with Gasteiger partial charge in [0.15, 0.2) is 0 Å². The second-order valence-corrected chi connectivity index (χ2v) is 3.78. The Morgan fingerprint density at radius 2 is 2.23 bits per heavy atom. The molecule has 2 N–H and O–H groups in total. The molecule has 0 aliphatic heterocycles. The molecule has 0 radical (unpaired) electrons. The van der Waals surface area contributed by atoms with E-state index < -0.39 is 4.92 Å². The molecule has 1 rings (SSSR count). The highest BCUT2D eigenvalue weighted by atomic mass is 127. The summed E-state index contributed by atoms with van der Waals surface area (Å²) < 4.78 is 0.739. The molecular formula is C8H9IN2O2. The Bertz CT molecular complexity index is 352. The van der Waals surface area contributed by atoms with Crippen LogP contribution in [0.3, 0.4) is 0 Å². The van der Waals surface area contributed by atoms with Crippen molar-refractivity contribution in [1.82, 2.24) is 0 Å². The van der Waals surface area contributed by atoms with E-state index in [2.05, 4.69) is 0 Å². The average Bonchev–Trinajstić information content (AvgIpc) is 2.09. The summed E-state index contributed by atoms with van der Waals surface area (Å²) in [5.74, 6) is 0. The second-order valence-electron chi connectivity index (χ2n) is 2.62. The number of benzene rings is 1. The standard InChI is InChI=1S/C8H9IN2O2/c1-2-5-3-6(9)8(10)7(4-5)11(12)13/h3-4H,2,10H2,1H3. The van der Waals surface area contributed by atoms with Gasteiger partial charge in [-0.25, -0.2) is 0 Å². The maximum atomic E-state index is 10.6. The van der Waals surface area contributed by atoms with Crippen LogP contribution in [-0.2, 0) is 6.42 Å². The Kier molecular flexibility index (Phi) is 3.07. The number of aryl methyl sites for hydroxylation is 1. The number of nitro benzene ring substituents is 1. The molecule has 4 nitrogen and oxygen atoms in total. The Hall–Kier alpha value is -0.850. The molecule has 0 unspecified atom stereocenters. The normalized spacial score (nSPS) is 10.0. The smallest absolute Gasteiger partial charge is 0.293 e. The lowest BCUT2D eigenvalue weighted by Gasteiger charge is -2.02. The van der Waals surface area contributed by atoms with Gasteiger partial charge in [-0.15, -0.1) is 0 Å². The second kappa shape index (κ2) is 3.91. The number of hydrogen-bond donors (Lipinski definition) is 1. The molecule has 0 atom stereocenters. The van der Waals surface area contributed by atoms with Crippen molar-refractivity contribution in [3.63, 3.8) is 0 Å². The lowest BCUT2D eigenvalue weighted by atomic mass is 10.1. The van der Waals surface area contributed by atoms with E-state index in [1.54, 1.807) is 0 Å². The van der Waals surface area contributed by atoms with E-state index in [0.29, 0.717) is 0 Å². The van der Waals surface area contributed by atoms with Crippen LogP contribution in [0.15, 0.2) is 12.1 Å². The zero-order valence-electron chi connectivity index (χ0n) is 7.08. The van der Waals surface area contributed by atoms with Crippen LogP contribution >= 0.6 is 22.6 Å². The van der Waals surface area contributed by atoms with Gasteiger partial charge in [0.05, 0.1) is 4.92 Å². The van der Waals surface area contributed by atoms with Crippen LogP contribution in [0.1, 0.15) is 12.5 Å². The summed E-state index contributed by atoms with van der Waals surface area (Å²) in [5.41, 5.74) is 6.75. The van der Waals surface area contributed by atoms with Gasteiger partial charge in [-0.1, -0.05) is 6.92 Å². The van der Waals surface area contributed by atoms with E-state index >= 15 is 0 Å². The van der Waals surface area contributed by atoms with Crippen molar-refractivity contribution in [1.29, 1.82) is 0 Å². The van der Waals surface area contributed by atoms with E-state index in [1.807, 2.05) is 35.6 Å². The van der Waals surface area contributed by atoms with Crippen molar-refractivity contribution in [2.24, 2.45) is 0 Å². The molecule has 70 valence electrons. The first-order valence-electron chi connectivity index (χ1n) is 3.78. The Morgan fingerprint density at radius 1 is 1.62 bits per heavy atom. The van der Waals surface area contributed by atoms with Crippen LogP contribution < -0.4 is 5.73 Å². The monoisotopic (exact) mass is 292 g/mol. The van der Waals surface area contributed by atoms with E-state index in [-0.39, 0.29) is 11.4 Å². The zero-order valence-corrected chi connectivity index (χ0v) is 9.24. The fourth-order valence-corrected chi connectivity index (χ4v) is 1.69. The van der Waals surface area contributed by atoms with Gasteiger partial charge in [0.2, 0.25) is 0 Å². The molecular weight excluding hydrogens is 283 g/mol. The highest BCUT2D eigenvalue weighted by Crippen LogP contribution is 2.28. The van der Waals surface area contributed by atoms with Crippen LogP contribution in [0.5, 0.6) is 0 Å². The van der Waals surface area contributed by atoms with E-state index in [1.165, 1.54) is 6.07 Å². The molecule has 0 heterocycles. The number of nitrogens with two attached hydrogens (primary N) is 1. The van der Waals surface area contributed by atoms with Gasteiger partial charge in [0.25, 0.3) is 5.69 Å². The number of nitrogen functional groups attached to an aromatic ring is 1. The van der Waals surface area contributed by atoms with Gasteiger partial charge < -0.3 is 5.73 Å². The van der Waals surface area contributed by atoms with Crippen LogP contribution in [0, 0.1) is 13.7 Å². The molecule has 0 fully saturated rings. The third-order valence-corrected chi connectivity index (χ3v) is 2.66. The number of halogens is 1. The summed E-state index contributed by atoms with van der Waals surface area (Å²) in [4.78, 5) is 10.1. The van der Waals surface area contributed by atoms with E-state index in [0.717, 1.165) is 15.6 Å². The molecule has 13 heavy (non-hydrogen) atoms. The molecule has 1 aromatic rings. The number of rotatable bonds is 2. The fourth-order valence-electron chi connectivity index (χ4n) is 1.01. The van der Waals surface area contributed by atoms with Crippen molar-refractivity contribution in [2.45, 2.75) is 13.3 Å². The van der Waals surface area contributed by atoms with Crippen LogP contribution in [0.4, 0.5) is 11.4 Å². The Balaban J connectivity index is 3.33. The Morgan fingerprint density at radius 3 is 2.69 bits per heavy atom. The van der Waals surface area contributed by atoms with Crippen molar-refractivity contribution in [2.75, 3.05) is 5.73 Å². The zero-order chi connectivity index (χ0) is 10.0. The SMILES string of the molecule is CCc1cc(I)c(N)c([N+](=O)[O-])c1. The lowest BCUT2D eigenvalue weighted by Crippen LogP contribution is -1.99. The maximum Gasteiger partial charge on any atom is 0.293 e.